The summed E-state index contributed by atoms with van der Waals surface area (Å²) < 4.78 is 0. The number of anilines is 1. The number of fused-ring (bicyclic) bond motifs is 1. The van der Waals surface area contributed by atoms with Crippen LogP contribution in [-0.4, -0.2) is 23.5 Å². The lowest BCUT2D eigenvalue weighted by Gasteiger charge is -2.36. The third kappa shape index (κ3) is 5.07. The molecular formula is C30H36N2. The third-order valence-electron chi connectivity index (χ3n) is 7.54. The molecule has 0 saturated carbocycles. The van der Waals surface area contributed by atoms with Gasteiger partial charge in [0, 0.05) is 30.2 Å². The molecule has 1 aliphatic heterocycles. The predicted octanol–water partition coefficient (Wildman–Crippen LogP) is 7.03. The summed E-state index contributed by atoms with van der Waals surface area (Å²) >= 11 is 0. The highest BCUT2D eigenvalue weighted by Crippen LogP contribution is 2.39. The first kappa shape index (κ1) is 21.3. The smallest absolute Gasteiger partial charge is 0.0370 e. The maximum atomic E-state index is 3.86. The van der Waals surface area contributed by atoms with Crippen LogP contribution in [0.5, 0.6) is 0 Å². The van der Waals surface area contributed by atoms with Crippen molar-refractivity contribution in [2.75, 3.05) is 11.9 Å². The predicted molar refractivity (Wildman–Crippen MR) is 135 cm³/mol. The summed E-state index contributed by atoms with van der Waals surface area (Å²) in [6, 6.07) is 32.1. The summed E-state index contributed by atoms with van der Waals surface area (Å²) in [6.45, 7) is 2.36. The van der Waals surface area contributed by atoms with Crippen LogP contribution in [0, 0.1) is 0 Å². The zero-order valence-electron chi connectivity index (χ0n) is 19.1. The van der Waals surface area contributed by atoms with E-state index in [1.807, 2.05) is 0 Å². The summed E-state index contributed by atoms with van der Waals surface area (Å²) in [7, 11) is 0. The highest BCUT2D eigenvalue weighted by atomic mass is 15.2. The fraction of sp³-hybridized carbons (Fsp3) is 0.400. The molecule has 0 bridgehead atoms. The van der Waals surface area contributed by atoms with Crippen LogP contribution in [0.1, 0.15) is 61.1 Å². The Morgan fingerprint density at radius 1 is 0.781 bits per heavy atom. The van der Waals surface area contributed by atoms with Crippen LogP contribution in [0.2, 0.25) is 0 Å². The number of benzene rings is 3. The lowest BCUT2D eigenvalue weighted by molar-refractivity contribution is 0.129. The molecule has 1 fully saturated rings. The lowest BCUT2D eigenvalue weighted by atomic mass is 9.89. The molecular weight excluding hydrogens is 388 g/mol. The van der Waals surface area contributed by atoms with E-state index in [1.54, 1.807) is 5.56 Å². The van der Waals surface area contributed by atoms with Crippen LogP contribution in [0.25, 0.3) is 0 Å². The molecule has 5 rings (SSSR count). The number of nitrogens with zero attached hydrogens (tertiary/aromatic N) is 1. The van der Waals surface area contributed by atoms with Crippen molar-refractivity contribution in [3.8, 4) is 0 Å². The second kappa shape index (κ2) is 10.4. The molecule has 3 aromatic carbocycles. The minimum atomic E-state index is 0.501. The Balaban J connectivity index is 1.22. The molecule has 1 saturated heterocycles. The minimum Gasteiger partial charge on any atom is -0.381 e. The fourth-order valence-electron chi connectivity index (χ4n) is 5.92. The Morgan fingerprint density at radius 2 is 1.53 bits per heavy atom. The van der Waals surface area contributed by atoms with E-state index in [0.29, 0.717) is 12.0 Å². The molecule has 166 valence electrons. The van der Waals surface area contributed by atoms with Gasteiger partial charge in [-0.2, -0.15) is 0 Å². The van der Waals surface area contributed by atoms with Crippen LogP contribution >= 0.6 is 0 Å². The molecule has 0 radical (unpaired) electrons. The van der Waals surface area contributed by atoms with Crippen LogP contribution in [0.4, 0.5) is 5.69 Å². The monoisotopic (exact) mass is 424 g/mol. The third-order valence-corrected chi connectivity index (χ3v) is 7.54. The average molecular weight is 425 g/mol. The number of hydrogen-bond acceptors (Lipinski definition) is 2. The van der Waals surface area contributed by atoms with Crippen molar-refractivity contribution < 1.29 is 0 Å². The number of hydrogen-bond donors (Lipinski definition) is 1. The Labute approximate surface area is 193 Å². The maximum Gasteiger partial charge on any atom is 0.0370 e. The summed E-state index contributed by atoms with van der Waals surface area (Å²) in [5.74, 6) is 0.609. The molecule has 3 aromatic rings. The zero-order valence-corrected chi connectivity index (χ0v) is 19.1. The molecule has 2 aliphatic rings. The van der Waals surface area contributed by atoms with E-state index >= 15 is 0 Å². The van der Waals surface area contributed by atoms with Crippen LogP contribution in [0.3, 0.4) is 0 Å². The Kier molecular flexibility index (Phi) is 6.89. The SMILES string of the molecule is c1ccc(CN2CCCCC2CCCC2c3ccccc3CC2Nc2ccccc2)cc1. The zero-order chi connectivity index (χ0) is 21.6. The molecule has 2 nitrogen and oxygen atoms in total. The van der Waals surface area contributed by atoms with Gasteiger partial charge in [-0.15, -0.1) is 0 Å². The van der Waals surface area contributed by atoms with E-state index in [2.05, 4.69) is 95.1 Å². The molecule has 2 heteroatoms. The quantitative estimate of drug-likeness (QED) is 0.417. The number of para-hydroxylation sites is 1. The van der Waals surface area contributed by atoms with Crippen LogP contribution in [0.15, 0.2) is 84.9 Å². The van der Waals surface area contributed by atoms with Crippen molar-refractivity contribution in [2.45, 2.75) is 69.5 Å². The van der Waals surface area contributed by atoms with Crippen LogP contribution in [-0.2, 0) is 13.0 Å². The average Bonchev–Trinajstić information content (AvgIpc) is 3.18. The minimum absolute atomic E-state index is 0.501. The van der Waals surface area contributed by atoms with Gasteiger partial charge < -0.3 is 5.32 Å². The molecule has 0 amide bonds. The molecule has 0 spiro atoms. The number of piperidine rings is 1. The van der Waals surface area contributed by atoms with Gasteiger partial charge in [0.05, 0.1) is 0 Å². The number of likely N-dealkylation sites (tertiary alicyclic amines) is 1. The highest BCUT2D eigenvalue weighted by molar-refractivity contribution is 5.48. The van der Waals surface area contributed by atoms with Crippen molar-refractivity contribution in [3.63, 3.8) is 0 Å². The molecule has 3 atom stereocenters. The Morgan fingerprint density at radius 3 is 2.38 bits per heavy atom. The van der Waals surface area contributed by atoms with Gasteiger partial charge in [-0.05, 0) is 67.5 Å². The molecule has 1 aliphatic carbocycles. The first-order chi connectivity index (χ1) is 15.9. The van der Waals surface area contributed by atoms with E-state index in [4.69, 9.17) is 0 Å². The van der Waals surface area contributed by atoms with Gasteiger partial charge in [-0.3, -0.25) is 4.90 Å². The summed E-state index contributed by atoms with van der Waals surface area (Å²) in [6.07, 6.45) is 9.14. The van der Waals surface area contributed by atoms with Crippen molar-refractivity contribution >= 4 is 5.69 Å². The maximum absolute atomic E-state index is 3.86. The normalized spacial score (nSPS) is 23.1. The summed E-state index contributed by atoms with van der Waals surface area (Å²) in [5, 5.41) is 3.86. The van der Waals surface area contributed by atoms with E-state index in [-0.39, 0.29) is 0 Å². The molecule has 32 heavy (non-hydrogen) atoms. The van der Waals surface area contributed by atoms with E-state index in [0.717, 1.165) is 19.0 Å². The van der Waals surface area contributed by atoms with Gasteiger partial charge in [0.25, 0.3) is 0 Å². The topological polar surface area (TPSA) is 15.3 Å². The molecule has 0 aromatic heterocycles. The molecule has 1 N–H and O–H groups in total. The Hall–Kier alpha value is -2.58. The standard InChI is InChI=1S/C30H36N2/c1-3-12-24(13-4-1)23-32-21-10-9-17-27(32)18-11-20-29-28-19-8-7-14-25(28)22-30(29)31-26-15-5-2-6-16-26/h1-8,12-16,19,27,29-31H,9-11,17-18,20-23H2. The Bertz CT molecular complexity index is 968. The number of rotatable bonds is 8. The van der Waals surface area contributed by atoms with E-state index in [9.17, 15) is 0 Å². The largest absolute Gasteiger partial charge is 0.381 e. The summed E-state index contributed by atoms with van der Waals surface area (Å²) in [5.41, 5.74) is 5.81. The van der Waals surface area contributed by atoms with Gasteiger partial charge >= 0.3 is 0 Å². The van der Waals surface area contributed by atoms with Gasteiger partial charge in [0.1, 0.15) is 0 Å². The van der Waals surface area contributed by atoms with Gasteiger partial charge in [-0.25, -0.2) is 0 Å². The van der Waals surface area contributed by atoms with Gasteiger partial charge in [0.2, 0.25) is 0 Å². The van der Waals surface area contributed by atoms with Gasteiger partial charge in [0.15, 0.2) is 0 Å². The second-order valence-corrected chi connectivity index (χ2v) is 9.66. The molecule has 1 heterocycles. The van der Waals surface area contributed by atoms with E-state index < -0.39 is 0 Å². The van der Waals surface area contributed by atoms with Gasteiger partial charge in [-0.1, -0.05) is 85.6 Å². The first-order valence-corrected chi connectivity index (χ1v) is 12.5. The van der Waals surface area contributed by atoms with Crippen LogP contribution < -0.4 is 5.32 Å². The van der Waals surface area contributed by atoms with E-state index in [1.165, 1.54) is 61.9 Å². The highest BCUT2D eigenvalue weighted by Gasteiger charge is 2.32. The second-order valence-electron chi connectivity index (χ2n) is 9.66. The first-order valence-electron chi connectivity index (χ1n) is 12.5. The van der Waals surface area contributed by atoms with Crippen molar-refractivity contribution in [3.05, 3.63) is 102 Å². The lowest BCUT2D eigenvalue weighted by Crippen LogP contribution is -2.39. The molecule has 3 unspecified atom stereocenters. The summed E-state index contributed by atoms with van der Waals surface area (Å²) in [4.78, 5) is 2.75. The van der Waals surface area contributed by atoms with Crippen molar-refractivity contribution in [1.29, 1.82) is 0 Å². The fourth-order valence-corrected chi connectivity index (χ4v) is 5.92. The van der Waals surface area contributed by atoms with Crippen molar-refractivity contribution in [2.24, 2.45) is 0 Å². The number of nitrogens with one attached hydrogen (secondary N) is 1. The van der Waals surface area contributed by atoms with Crippen molar-refractivity contribution in [1.82, 2.24) is 4.90 Å².